The lowest BCUT2D eigenvalue weighted by atomic mass is 9.82. The normalized spacial score (nSPS) is 29.6. The van der Waals surface area contributed by atoms with Crippen LogP contribution in [0.15, 0.2) is 24.4 Å². The minimum atomic E-state index is -0.916. The standard InChI is InChI=1S/C15H15ClN2O3/c1-7-4-5-17-13(16)12(7)18-14(19)10-8-2-3-9(6-8)11(10)15(20)21/h2-5,8-11H,6H2,1H3,(H,18,19)(H,20,21). The van der Waals surface area contributed by atoms with Crippen LogP contribution in [0.4, 0.5) is 5.69 Å². The number of aryl methyl sites for hydroxylation is 1. The smallest absolute Gasteiger partial charge is 0.307 e. The van der Waals surface area contributed by atoms with E-state index in [1.54, 1.807) is 12.3 Å². The van der Waals surface area contributed by atoms with Crippen molar-refractivity contribution in [3.8, 4) is 0 Å². The fourth-order valence-electron chi connectivity index (χ4n) is 3.40. The summed E-state index contributed by atoms with van der Waals surface area (Å²) in [6.07, 6.45) is 6.16. The second-order valence-electron chi connectivity index (χ2n) is 5.62. The van der Waals surface area contributed by atoms with Gasteiger partial charge in [-0.25, -0.2) is 4.98 Å². The molecule has 2 N–H and O–H groups in total. The first kappa shape index (κ1) is 14.1. The summed E-state index contributed by atoms with van der Waals surface area (Å²) in [7, 11) is 0. The second kappa shape index (κ2) is 5.15. The van der Waals surface area contributed by atoms with Crippen molar-refractivity contribution in [3.63, 3.8) is 0 Å². The third-order valence-electron chi connectivity index (χ3n) is 4.41. The van der Waals surface area contributed by atoms with Crippen LogP contribution >= 0.6 is 11.6 Å². The summed E-state index contributed by atoms with van der Waals surface area (Å²) in [6.45, 7) is 1.82. The van der Waals surface area contributed by atoms with Gasteiger partial charge in [0.05, 0.1) is 17.5 Å². The summed E-state index contributed by atoms with van der Waals surface area (Å²) >= 11 is 6.00. The summed E-state index contributed by atoms with van der Waals surface area (Å²) in [5.41, 5.74) is 1.26. The van der Waals surface area contributed by atoms with Gasteiger partial charge in [-0.3, -0.25) is 9.59 Å². The third-order valence-corrected chi connectivity index (χ3v) is 4.69. The molecule has 1 amide bonds. The van der Waals surface area contributed by atoms with E-state index in [1.807, 2.05) is 19.1 Å². The highest BCUT2D eigenvalue weighted by atomic mass is 35.5. The Bertz CT molecular complexity index is 624. The number of pyridine rings is 1. The molecule has 2 aliphatic rings. The number of carbonyl (C=O) groups is 2. The predicted octanol–water partition coefficient (Wildman–Crippen LogP) is 2.50. The topological polar surface area (TPSA) is 79.3 Å². The van der Waals surface area contributed by atoms with Gasteiger partial charge in [0, 0.05) is 6.20 Å². The number of carboxylic acid groups (broad SMARTS) is 1. The quantitative estimate of drug-likeness (QED) is 0.664. The van der Waals surface area contributed by atoms with E-state index in [0.29, 0.717) is 5.69 Å². The summed E-state index contributed by atoms with van der Waals surface area (Å²) < 4.78 is 0. The van der Waals surface area contributed by atoms with Gasteiger partial charge in [-0.05, 0) is 36.8 Å². The maximum absolute atomic E-state index is 12.5. The Balaban J connectivity index is 1.85. The van der Waals surface area contributed by atoms with Gasteiger partial charge in [0.1, 0.15) is 0 Å². The number of hydrogen-bond donors (Lipinski definition) is 2. The van der Waals surface area contributed by atoms with Crippen LogP contribution in [0, 0.1) is 30.6 Å². The number of anilines is 1. The van der Waals surface area contributed by atoms with Crippen molar-refractivity contribution in [1.82, 2.24) is 4.98 Å². The lowest BCUT2D eigenvalue weighted by Gasteiger charge is -2.24. The van der Waals surface area contributed by atoms with Gasteiger partial charge in [-0.1, -0.05) is 23.8 Å². The number of amides is 1. The lowest BCUT2D eigenvalue weighted by Crippen LogP contribution is -2.36. The van der Waals surface area contributed by atoms with Crippen LogP contribution in [0.1, 0.15) is 12.0 Å². The molecule has 0 aliphatic heterocycles. The molecule has 1 aromatic rings. The van der Waals surface area contributed by atoms with Crippen molar-refractivity contribution in [2.75, 3.05) is 5.32 Å². The molecule has 1 saturated carbocycles. The minimum absolute atomic E-state index is 0.00754. The van der Waals surface area contributed by atoms with Gasteiger partial charge in [0.15, 0.2) is 5.15 Å². The molecular formula is C15H15ClN2O3. The van der Waals surface area contributed by atoms with Gasteiger partial charge < -0.3 is 10.4 Å². The number of nitrogens with zero attached hydrogens (tertiary/aromatic N) is 1. The van der Waals surface area contributed by atoms with Crippen LogP contribution in [-0.4, -0.2) is 22.0 Å². The number of rotatable bonds is 3. The molecule has 6 heteroatoms. The van der Waals surface area contributed by atoms with Crippen molar-refractivity contribution < 1.29 is 14.7 Å². The fraction of sp³-hybridized carbons (Fsp3) is 0.400. The molecule has 0 saturated heterocycles. The van der Waals surface area contributed by atoms with Gasteiger partial charge in [0.25, 0.3) is 0 Å². The van der Waals surface area contributed by atoms with Gasteiger partial charge >= 0.3 is 5.97 Å². The molecule has 0 aromatic carbocycles. The Morgan fingerprint density at radius 3 is 2.62 bits per heavy atom. The molecule has 21 heavy (non-hydrogen) atoms. The number of aliphatic carboxylic acids is 1. The monoisotopic (exact) mass is 306 g/mol. The number of fused-ring (bicyclic) bond motifs is 2. The van der Waals surface area contributed by atoms with Crippen molar-refractivity contribution in [2.45, 2.75) is 13.3 Å². The Morgan fingerprint density at radius 2 is 2.00 bits per heavy atom. The van der Waals surface area contributed by atoms with Gasteiger partial charge in [0.2, 0.25) is 5.91 Å². The van der Waals surface area contributed by atoms with E-state index in [2.05, 4.69) is 10.3 Å². The van der Waals surface area contributed by atoms with Crippen LogP contribution < -0.4 is 5.32 Å². The van der Waals surface area contributed by atoms with Crippen LogP contribution in [0.3, 0.4) is 0 Å². The van der Waals surface area contributed by atoms with Crippen LogP contribution in [0.5, 0.6) is 0 Å². The molecule has 5 nitrogen and oxygen atoms in total. The Morgan fingerprint density at radius 1 is 1.33 bits per heavy atom. The average molecular weight is 307 g/mol. The molecular weight excluding hydrogens is 292 g/mol. The van der Waals surface area contributed by atoms with E-state index in [9.17, 15) is 14.7 Å². The zero-order chi connectivity index (χ0) is 15.1. The van der Waals surface area contributed by atoms with E-state index in [0.717, 1.165) is 12.0 Å². The SMILES string of the molecule is Cc1ccnc(Cl)c1NC(=O)C1C2C=CC(C2)C1C(=O)O. The molecule has 1 heterocycles. The van der Waals surface area contributed by atoms with Gasteiger partial charge in [-0.15, -0.1) is 0 Å². The number of allylic oxidation sites excluding steroid dienone is 2. The number of nitrogens with one attached hydrogen (secondary N) is 1. The molecule has 0 spiro atoms. The van der Waals surface area contributed by atoms with E-state index < -0.39 is 17.8 Å². The molecule has 4 atom stereocenters. The minimum Gasteiger partial charge on any atom is -0.481 e. The molecule has 2 bridgehead atoms. The number of hydrogen-bond acceptors (Lipinski definition) is 3. The molecule has 1 aromatic heterocycles. The summed E-state index contributed by atoms with van der Waals surface area (Å²) in [6, 6.07) is 1.75. The maximum atomic E-state index is 12.5. The number of carbonyl (C=O) groups excluding carboxylic acids is 1. The molecule has 4 unspecified atom stereocenters. The van der Waals surface area contributed by atoms with E-state index >= 15 is 0 Å². The Hall–Kier alpha value is -1.88. The van der Waals surface area contributed by atoms with Crippen molar-refractivity contribution in [2.24, 2.45) is 23.7 Å². The summed E-state index contributed by atoms with van der Waals surface area (Å²) in [5, 5.41) is 12.4. The first-order valence-corrected chi connectivity index (χ1v) is 7.20. The van der Waals surface area contributed by atoms with E-state index in [1.165, 1.54) is 0 Å². The van der Waals surface area contributed by atoms with Crippen LogP contribution in [0.2, 0.25) is 5.15 Å². The second-order valence-corrected chi connectivity index (χ2v) is 5.98. The van der Waals surface area contributed by atoms with Gasteiger partial charge in [-0.2, -0.15) is 0 Å². The Kier molecular flexibility index (Phi) is 3.45. The largest absolute Gasteiger partial charge is 0.481 e. The zero-order valence-corrected chi connectivity index (χ0v) is 12.2. The Labute approximate surface area is 127 Å². The molecule has 110 valence electrons. The van der Waals surface area contributed by atoms with Crippen molar-refractivity contribution in [1.29, 1.82) is 0 Å². The highest BCUT2D eigenvalue weighted by Crippen LogP contribution is 2.48. The van der Waals surface area contributed by atoms with Crippen LogP contribution in [0.25, 0.3) is 0 Å². The first-order chi connectivity index (χ1) is 9.99. The predicted molar refractivity (Wildman–Crippen MR) is 78.0 cm³/mol. The number of carboxylic acids is 1. The van der Waals surface area contributed by atoms with Crippen molar-refractivity contribution >= 4 is 29.2 Å². The summed E-state index contributed by atoms with van der Waals surface area (Å²) in [5.74, 6) is -2.47. The molecule has 1 fully saturated rings. The van der Waals surface area contributed by atoms with Crippen molar-refractivity contribution in [3.05, 3.63) is 35.1 Å². The zero-order valence-electron chi connectivity index (χ0n) is 11.4. The molecule has 2 aliphatic carbocycles. The van der Waals surface area contributed by atoms with E-state index in [-0.39, 0.29) is 22.9 Å². The highest BCUT2D eigenvalue weighted by molar-refractivity contribution is 6.32. The lowest BCUT2D eigenvalue weighted by molar-refractivity contribution is -0.146. The maximum Gasteiger partial charge on any atom is 0.307 e. The highest BCUT2D eigenvalue weighted by Gasteiger charge is 2.51. The molecule has 0 radical (unpaired) electrons. The molecule has 3 rings (SSSR count). The summed E-state index contributed by atoms with van der Waals surface area (Å²) in [4.78, 5) is 27.9. The number of halogens is 1. The first-order valence-electron chi connectivity index (χ1n) is 6.82. The average Bonchev–Trinajstić information content (AvgIpc) is 3.03. The fourth-order valence-corrected chi connectivity index (χ4v) is 3.65. The number of aromatic nitrogens is 1. The van der Waals surface area contributed by atoms with E-state index in [4.69, 9.17) is 11.6 Å². The van der Waals surface area contributed by atoms with Crippen LogP contribution in [-0.2, 0) is 9.59 Å². The third kappa shape index (κ3) is 2.31.